The molecule has 3 aromatic rings. The van der Waals surface area contributed by atoms with E-state index in [0.717, 1.165) is 15.5 Å². The quantitative estimate of drug-likeness (QED) is 0.483. The maximum Gasteiger partial charge on any atom is 0.247 e. The van der Waals surface area contributed by atoms with E-state index in [2.05, 4.69) is 5.32 Å². The monoisotopic (exact) mass is 456 g/mol. The Morgan fingerprint density at radius 1 is 0.968 bits per heavy atom. The molecule has 0 radical (unpaired) electrons. The highest BCUT2D eigenvalue weighted by Gasteiger charge is 2.29. The van der Waals surface area contributed by atoms with Gasteiger partial charge in [-0.2, -0.15) is 0 Å². The third-order valence-electron chi connectivity index (χ3n) is 4.50. The minimum Gasteiger partial charge on any atom is -0.457 e. The molecule has 0 aromatic heterocycles. The second-order valence-electron chi connectivity index (χ2n) is 6.87. The molecule has 0 heterocycles. The van der Waals surface area contributed by atoms with E-state index in [-0.39, 0.29) is 0 Å². The summed E-state index contributed by atoms with van der Waals surface area (Å²) in [6, 6.07) is 22.3. The van der Waals surface area contributed by atoms with E-state index in [4.69, 9.17) is 4.74 Å². The highest BCUT2D eigenvalue weighted by atomic mass is 32.2. The number of sulfonamides is 1. The zero-order valence-corrected chi connectivity index (χ0v) is 19.1. The lowest BCUT2D eigenvalue weighted by atomic mass is 10.2. The maximum absolute atomic E-state index is 12.8. The van der Waals surface area contributed by atoms with Crippen LogP contribution in [0, 0.1) is 0 Å². The minimum absolute atomic E-state index is 0.378. The number of nitrogens with one attached hydrogen (secondary N) is 1. The summed E-state index contributed by atoms with van der Waals surface area (Å²) in [5.41, 5.74) is 0.993. The molecule has 0 fully saturated rings. The molecule has 0 saturated heterocycles. The predicted molar refractivity (Wildman–Crippen MR) is 127 cm³/mol. The van der Waals surface area contributed by atoms with Crippen molar-refractivity contribution >= 4 is 39.1 Å². The first-order valence-corrected chi connectivity index (χ1v) is 12.6. The average Bonchev–Trinajstić information content (AvgIpc) is 2.75. The molecule has 1 amide bonds. The molecule has 3 aromatic carbocycles. The van der Waals surface area contributed by atoms with Gasteiger partial charge in [0.1, 0.15) is 17.5 Å². The van der Waals surface area contributed by atoms with Crippen LogP contribution in [-0.2, 0) is 14.8 Å². The van der Waals surface area contributed by atoms with Gasteiger partial charge in [-0.1, -0.05) is 24.3 Å². The van der Waals surface area contributed by atoms with Crippen molar-refractivity contribution in [1.29, 1.82) is 0 Å². The van der Waals surface area contributed by atoms with Crippen LogP contribution in [0.1, 0.15) is 6.92 Å². The van der Waals surface area contributed by atoms with Crippen LogP contribution in [0.25, 0.3) is 0 Å². The highest BCUT2D eigenvalue weighted by molar-refractivity contribution is 7.98. The number of carbonyl (C=O) groups excluding carboxylic acids is 1. The van der Waals surface area contributed by atoms with Crippen molar-refractivity contribution in [3.8, 4) is 11.5 Å². The standard InChI is InChI=1S/C23H24N2O4S2/c1-17(23(26)24-18-8-7-11-22(16-18)30-2)25(31(3,27)28)19-12-14-21(15-13-19)29-20-9-5-4-6-10-20/h4-17H,1-3H3,(H,24,26)/t17-/m1/s1. The van der Waals surface area contributed by atoms with Crippen molar-refractivity contribution in [2.75, 3.05) is 22.1 Å². The Morgan fingerprint density at radius 2 is 1.61 bits per heavy atom. The second kappa shape index (κ2) is 9.89. The Hall–Kier alpha value is -2.97. The molecule has 8 heteroatoms. The fourth-order valence-electron chi connectivity index (χ4n) is 3.04. The van der Waals surface area contributed by atoms with Gasteiger partial charge in [-0.15, -0.1) is 11.8 Å². The predicted octanol–water partition coefficient (Wildman–Crippen LogP) is 4.99. The Bertz CT molecular complexity index is 1130. The van der Waals surface area contributed by atoms with Crippen LogP contribution in [0.15, 0.2) is 83.8 Å². The lowest BCUT2D eigenvalue weighted by molar-refractivity contribution is -0.116. The van der Waals surface area contributed by atoms with E-state index in [9.17, 15) is 13.2 Å². The van der Waals surface area contributed by atoms with Crippen LogP contribution >= 0.6 is 11.8 Å². The largest absolute Gasteiger partial charge is 0.457 e. The first kappa shape index (κ1) is 22.7. The topological polar surface area (TPSA) is 75.7 Å². The van der Waals surface area contributed by atoms with E-state index in [1.54, 1.807) is 49.0 Å². The molecule has 0 aliphatic heterocycles. The van der Waals surface area contributed by atoms with Crippen molar-refractivity contribution < 1.29 is 17.9 Å². The van der Waals surface area contributed by atoms with Crippen molar-refractivity contribution in [2.24, 2.45) is 0 Å². The number of thioether (sulfide) groups is 1. The highest BCUT2D eigenvalue weighted by Crippen LogP contribution is 2.27. The van der Waals surface area contributed by atoms with Gasteiger partial charge in [0, 0.05) is 10.6 Å². The van der Waals surface area contributed by atoms with Crippen molar-refractivity contribution in [3.05, 3.63) is 78.9 Å². The van der Waals surface area contributed by atoms with E-state index in [0.29, 0.717) is 22.9 Å². The van der Waals surface area contributed by atoms with E-state index < -0.39 is 22.0 Å². The van der Waals surface area contributed by atoms with Gasteiger partial charge < -0.3 is 10.1 Å². The summed E-state index contributed by atoms with van der Waals surface area (Å²) < 4.78 is 31.9. The van der Waals surface area contributed by atoms with Gasteiger partial charge in [0.2, 0.25) is 15.9 Å². The Kier molecular flexibility index (Phi) is 7.25. The summed E-state index contributed by atoms with van der Waals surface area (Å²) >= 11 is 1.56. The van der Waals surface area contributed by atoms with Crippen LogP contribution in [0.5, 0.6) is 11.5 Å². The van der Waals surface area contributed by atoms with Gasteiger partial charge in [0.15, 0.2) is 0 Å². The average molecular weight is 457 g/mol. The van der Waals surface area contributed by atoms with Crippen molar-refractivity contribution in [3.63, 3.8) is 0 Å². The molecule has 31 heavy (non-hydrogen) atoms. The Balaban J connectivity index is 1.80. The fraction of sp³-hybridized carbons (Fsp3) is 0.174. The molecule has 0 bridgehead atoms. The molecule has 162 valence electrons. The second-order valence-corrected chi connectivity index (χ2v) is 9.60. The number of benzene rings is 3. The molecule has 6 nitrogen and oxygen atoms in total. The summed E-state index contributed by atoms with van der Waals surface area (Å²) in [5.74, 6) is 0.818. The van der Waals surface area contributed by atoms with Gasteiger partial charge in [0.05, 0.1) is 11.9 Å². The van der Waals surface area contributed by atoms with Crippen LogP contribution in [0.4, 0.5) is 11.4 Å². The zero-order chi connectivity index (χ0) is 22.4. The summed E-state index contributed by atoms with van der Waals surface area (Å²) in [6.07, 6.45) is 3.03. The van der Waals surface area contributed by atoms with E-state index >= 15 is 0 Å². The summed E-state index contributed by atoms with van der Waals surface area (Å²) in [4.78, 5) is 13.8. The van der Waals surface area contributed by atoms with Crippen LogP contribution in [0.2, 0.25) is 0 Å². The number of ether oxygens (including phenoxy) is 1. The number of carbonyl (C=O) groups is 1. The summed E-state index contributed by atoms with van der Waals surface area (Å²) in [5, 5.41) is 2.80. The normalized spacial score (nSPS) is 12.1. The van der Waals surface area contributed by atoms with Gasteiger partial charge >= 0.3 is 0 Å². The first-order valence-electron chi connectivity index (χ1n) is 9.55. The minimum atomic E-state index is -3.71. The molecule has 1 N–H and O–H groups in total. The van der Waals surface area contributed by atoms with E-state index in [1.165, 1.54) is 0 Å². The summed E-state index contributed by atoms with van der Waals surface area (Å²) in [7, 11) is -3.71. The number of rotatable bonds is 8. The number of nitrogens with zero attached hydrogens (tertiary/aromatic N) is 1. The Morgan fingerprint density at radius 3 is 2.23 bits per heavy atom. The number of para-hydroxylation sites is 1. The molecule has 1 atom stereocenters. The third kappa shape index (κ3) is 6.02. The first-order chi connectivity index (χ1) is 14.8. The number of hydrogen-bond donors (Lipinski definition) is 1. The van der Waals surface area contributed by atoms with Gasteiger partial charge in [-0.3, -0.25) is 9.10 Å². The summed E-state index contributed by atoms with van der Waals surface area (Å²) in [6.45, 7) is 1.56. The van der Waals surface area contributed by atoms with Crippen molar-refractivity contribution in [1.82, 2.24) is 0 Å². The van der Waals surface area contributed by atoms with Crippen LogP contribution in [-0.4, -0.2) is 32.9 Å². The maximum atomic E-state index is 12.8. The molecule has 0 unspecified atom stereocenters. The third-order valence-corrected chi connectivity index (χ3v) is 6.46. The smallest absolute Gasteiger partial charge is 0.247 e. The number of anilines is 2. The van der Waals surface area contributed by atoms with Gasteiger partial charge in [0.25, 0.3) is 0 Å². The zero-order valence-electron chi connectivity index (χ0n) is 17.5. The molecule has 0 aliphatic carbocycles. The van der Waals surface area contributed by atoms with Gasteiger partial charge in [-0.25, -0.2) is 8.42 Å². The molecular formula is C23H24N2O4S2. The SMILES string of the molecule is CSc1cccc(NC(=O)[C@@H](C)N(c2ccc(Oc3ccccc3)cc2)S(C)(=O)=O)c1. The lowest BCUT2D eigenvalue weighted by Gasteiger charge is -2.28. The fourth-order valence-corrected chi connectivity index (χ4v) is 4.68. The Labute approximate surface area is 187 Å². The lowest BCUT2D eigenvalue weighted by Crippen LogP contribution is -2.45. The molecule has 0 spiro atoms. The number of amides is 1. The van der Waals surface area contributed by atoms with Crippen LogP contribution < -0.4 is 14.4 Å². The number of hydrogen-bond acceptors (Lipinski definition) is 5. The van der Waals surface area contributed by atoms with Crippen LogP contribution in [0.3, 0.4) is 0 Å². The molecular weight excluding hydrogens is 432 g/mol. The molecule has 0 aliphatic rings. The molecule has 3 rings (SSSR count). The van der Waals surface area contributed by atoms with Gasteiger partial charge in [-0.05, 0) is 67.8 Å². The molecule has 0 saturated carbocycles. The van der Waals surface area contributed by atoms with E-state index in [1.807, 2.05) is 54.8 Å². The van der Waals surface area contributed by atoms with Crippen molar-refractivity contribution in [2.45, 2.75) is 17.9 Å².